The highest BCUT2D eigenvalue weighted by Gasteiger charge is 2.41. The van der Waals surface area contributed by atoms with Gasteiger partial charge in [-0.2, -0.15) is 0 Å². The van der Waals surface area contributed by atoms with Gasteiger partial charge in [-0.15, -0.1) is 0 Å². The lowest BCUT2D eigenvalue weighted by Crippen LogP contribution is -2.34. The molecule has 94 valence electrons. The number of hydrogen-bond donors (Lipinski definition) is 2. The highest BCUT2D eigenvalue weighted by Crippen LogP contribution is 2.42. The summed E-state index contributed by atoms with van der Waals surface area (Å²) in [5.41, 5.74) is 0. The molecule has 1 heterocycles. The van der Waals surface area contributed by atoms with Crippen LogP contribution in [0.1, 0.15) is 6.42 Å². The standard InChI is InChI=1S/C8H18BO6P/c1-13-7-5(15-8(9)6(7)10)3-4-16(11,12)14-2/h5-8,10H,3-4,9H2,1-2H3,(H,11,12)/t5-,6+,7?,8-/m1/s1. The van der Waals surface area contributed by atoms with Gasteiger partial charge < -0.3 is 24.0 Å². The van der Waals surface area contributed by atoms with E-state index in [1.54, 1.807) is 7.85 Å². The minimum Gasteiger partial charge on any atom is -0.388 e. The average Bonchev–Trinajstić information content (AvgIpc) is 2.52. The molecule has 0 aromatic carbocycles. The van der Waals surface area contributed by atoms with E-state index in [9.17, 15) is 14.6 Å². The van der Waals surface area contributed by atoms with Crippen LogP contribution >= 0.6 is 7.60 Å². The van der Waals surface area contributed by atoms with Gasteiger partial charge in [-0.1, -0.05) is 0 Å². The van der Waals surface area contributed by atoms with Crippen LogP contribution in [0.2, 0.25) is 0 Å². The van der Waals surface area contributed by atoms with Gasteiger partial charge in [0.2, 0.25) is 0 Å². The molecule has 1 rings (SSSR count). The summed E-state index contributed by atoms with van der Waals surface area (Å²) < 4.78 is 26.3. The molecule has 16 heavy (non-hydrogen) atoms. The van der Waals surface area contributed by atoms with Crippen LogP contribution in [0.5, 0.6) is 0 Å². The van der Waals surface area contributed by atoms with Gasteiger partial charge in [-0.25, -0.2) is 0 Å². The summed E-state index contributed by atoms with van der Waals surface area (Å²) >= 11 is 0. The van der Waals surface area contributed by atoms with Crippen LogP contribution in [0.15, 0.2) is 0 Å². The molecular weight excluding hydrogens is 234 g/mol. The second kappa shape index (κ2) is 5.62. The van der Waals surface area contributed by atoms with Crippen LogP contribution in [-0.2, 0) is 18.6 Å². The summed E-state index contributed by atoms with van der Waals surface area (Å²) in [5.74, 6) is 0. The molecule has 0 radical (unpaired) electrons. The zero-order chi connectivity index (χ0) is 12.3. The van der Waals surface area contributed by atoms with Crippen molar-refractivity contribution in [2.75, 3.05) is 20.4 Å². The van der Waals surface area contributed by atoms with Crippen molar-refractivity contribution in [2.45, 2.75) is 30.7 Å². The predicted octanol–water partition coefficient (Wildman–Crippen LogP) is -1.06. The Bertz CT molecular complexity index is 275. The van der Waals surface area contributed by atoms with E-state index in [2.05, 4.69) is 4.52 Å². The van der Waals surface area contributed by atoms with E-state index in [1.165, 1.54) is 14.2 Å². The van der Waals surface area contributed by atoms with Crippen LogP contribution in [0.4, 0.5) is 0 Å². The summed E-state index contributed by atoms with van der Waals surface area (Å²) in [4.78, 5) is 9.25. The lowest BCUT2D eigenvalue weighted by atomic mass is 9.93. The fourth-order valence-electron chi connectivity index (χ4n) is 1.83. The van der Waals surface area contributed by atoms with E-state index in [0.717, 1.165) is 0 Å². The van der Waals surface area contributed by atoms with Crippen molar-refractivity contribution in [2.24, 2.45) is 0 Å². The minimum absolute atomic E-state index is 0.00648. The third-order valence-corrected chi connectivity index (χ3v) is 4.22. The van der Waals surface area contributed by atoms with Gasteiger partial charge >= 0.3 is 7.60 Å². The molecule has 1 aliphatic rings. The molecule has 0 aliphatic carbocycles. The van der Waals surface area contributed by atoms with E-state index in [1.807, 2.05) is 0 Å². The van der Waals surface area contributed by atoms with Gasteiger partial charge in [0.05, 0.1) is 18.3 Å². The Morgan fingerprint density at radius 3 is 2.62 bits per heavy atom. The number of rotatable bonds is 5. The summed E-state index contributed by atoms with van der Waals surface area (Å²) in [6.07, 6.45) is -1.21. The molecular formula is C8H18BO6P. The molecule has 5 atom stereocenters. The Balaban J connectivity index is 2.52. The van der Waals surface area contributed by atoms with Crippen LogP contribution < -0.4 is 0 Å². The molecule has 0 aromatic heterocycles. The van der Waals surface area contributed by atoms with Crippen molar-refractivity contribution >= 4 is 15.4 Å². The fourth-order valence-corrected chi connectivity index (χ4v) is 2.59. The summed E-state index contributed by atoms with van der Waals surface area (Å²) in [6.45, 7) is 0. The molecule has 0 saturated carbocycles. The molecule has 0 amide bonds. The Hall–Kier alpha value is 0.0949. The molecule has 2 N–H and O–H groups in total. The maximum Gasteiger partial charge on any atom is 0.327 e. The van der Waals surface area contributed by atoms with Crippen molar-refractivity contribution in [3.05, 3.63) is 0 Å². The average molecular weight is 252 g/mol. The number of methoxy groups -OCH3 is 1. The fraction of sp³-hybridized carbons (Fsp3) is 1.00. The normalized spacial score (nSPS) is 38.5. The molecule has 8 heteroatoms. The maximum absolute atomic E-state index is 11.3. The van der Waals surface area contributed by atoms with Crippen molar-refractivity contribution in [1.82, 2.24) is 0 Å². The zero-order valence-corrected chi connectivity index (χ0v) is 10.6. The Morgan fingerprint density at radius 2 is 2.12 bits per heavy atom. The highest BCUT2D eigenvalue weighted by atomic mass is 31.2. The summed E-state index contributed by atoms with van der Waals surface area (Å²) in [6, 6.07) is -0.324. The van der Waals surface area contributed by atoms with Gasteiger partial charge in [0, 0.05) is 14.2 Å². The maximum atomic E-state index is 11.3. The Labute approximate surface area is 95.8 Å². The molecule has 1 aliphatic heterocycles. The first kappa shape index (κ1) is 14.2. The van der Waals surface area contributed by atoms with Gasteiger partial charge in [-0.05, 0) is 6.42 Å². The quantitative estimate of drug-likeness (QED) is 0.479. The van der Waals surface area contributed by atoms with E-state index in [4.69, 9.17) is 9.47 Å². The smallest absolute Gasteiger partial charge is 0.327 e. The van der Waals surface area contributed by atoms with E-state index >= 15 is 0 Å². The van der Waals surface area contributed by atoms with Crippen molar-refractivity contribution < 1.29 is 28.6 Å². The van der Waals surface area contributed by atoms with E-state index in [-0.39, 0.29) is 18.3 Å². The van der Waals surface area contributed by atoms with Crippen molar-refractivity contribution in [3.63, 3.8) is 0 Å². The largest absolute Gasteiger partial charge is 0.388 e. The first-order valence-corrected chi connectivity index (χ1v) is 6.91. The van der Waals surface area contributed by atoms with Crippen molar-refractivity contribution in [1.29, 1.82) is 0 Å². The summed E-state index contributed by atoms with van der Waals surface area (Å²) in [5, 5.41) is 9.70. The number of ether oxygens (including phenoxy) is 2. The second-order valence-corrected chi connectivity index (χ2v) is 5.99. The topological polar surface area (TPSA) is 85.2 Å². The first-order chi connectivity index (χ1) is 7.41. The number of aliphatic hydroxyl groups is 1. The summed E-state index contributed by atoms with van der Waals surface area (Å²) in [7, 11) is 0.901. The van der Waals surface area contributed by atoms with Crippen molar-refractivity contribution in [3.8, 4) is 0 Å². The first-order valence-electron chi connectivity index (χ1n) is 5.15. The van der Waals surface area contributed by atoms with Crippen LogP contribution in [0.3, 0.4) is 0 Å². The molecule has 2 unspecified atom stereocenters. The van der Waals surface area contributed by atoms with Gasteiger partial charge in [0.15, 0.2) is 0 Å². The third-order valence-electron chi connectivity index (χ3n) is 2.83. The molecule has 1 fully saturated rings. The van der Waals surface area contributed by atoms with E-state index < -0.39 is 19.8 Å². The molecule has 6 nitrogen and oxygen atoms in total. The van der Waals surface area contributed by atoms with Gasteiger partial charge in [-0.3, -0.25) is 4.57 Å². The Morgan fingerprint density at radius 1 is 1.50 bits per heavy atom. The Kier molecular flexibility index (Phi) is 4.97. The number of aliphatic hydroxyl groups excluding tert-OH is 1. The predicted molar refractivity (Wildman–Crippen MR) is 60.3 cm³/mol. The number of hydrogen-bond acceptors (Lipinski definition) is 5. The highest BCUT2D eigenvalue weighted by molar-refractivity contribution is 7.52. The minimum atomic E-state index is -3.52. The molecule has 0 aromatic rings. The zero-order valence-electron chi connectivity index (χ0n) is 9.70. The van der Waals surface area contributed by atoms with Gasteiger partial charge in [0.25, 0.3) is 0 Å². The SMILES string of the molecule is B[C@@H]1O[C@H](CCP(=O)(O)OC)C(OC)[C@@H]1O. The lowest BCUT2D eigenvalue weighted by molar-refractivity contribution is -0.0114. The lowest BCUT2D eigenvalue weighted by Gasteiger charge is -2.19. The van der Waals surface area contributed by atoms with E-state index in [0.29, 0.717) is 6.42 Å². The van der Waals surface area contributed by atoms with Crippen LogP contribution in [0, 0.1) is 0 Å². The second-order valence-electron chi connectivity index (χ2n) is 3.90. The molecule has 0 bridgehead atoms. The molecule has 1 saturated heterocycles. The van der Waals surface area contributed by atoms with Gasteiger partial charge in [0.1, 0.15) is 20.1 Å². The monoisotopic (exact) mass is 252 g/mol. The van der Waals surface area contributed by atoms with Crippen LogP contribution in [-0.4, -0.2) is 62.5 Å². The van der Waals surface area contributed by atoms with Crippen LogP contribution in [0.25, 0.3) is 0 Å². The molecule has 0 spiro atoms. The third kappa shape index (κ3) is 3.29.